The van der Waals surface area contributed by atoms with Crippen molar-refractivity contribution in [2.45, 2.75) is 70.1 Å². The van der Waals surface area contributed by atoms with Crippen LogP contribution in [0.1, 0.15) is 52.4 Å². The summed E-state index contributed by atoms with van der Waals surface area (Å²) in [5.74, 6) is 0. The fraction of sp³-hybridized carbons (Fsp3) is 1.00. The van der Waals surface area contributed by atoms with Gasteiger partial charge in [-0.25, -0.2) is 0 Å². The van der Waals surface area contributed by atoms with E-state index < -0.39 is 0 Å². The number of rotatable bonds is 2. The summed E-state index contributed by atoms with van der Waals surface area (Å²) in [7, 11) is 0. The summed E-state index contributed by atoms with van der Waals surface area (Å²) in [5, 5.41) is 10.4. The SMILES string of the molecule is CC(C)N1CCCCC1C1(O)CCC1. The van der Waals surface area contributed by atoms with Crippen LogP contribution in [0.2, 0.25) is 0 Å². The first-order chi connectivity index (χ1) is 6.63. The Balaban J connectivity index is 2.06. The molecule has 1 atom stereocenters. The molecule has 1 heterocycles. The average molecular weight is 197 g/mol. The predicted molar refractivity (Wildman–Crippen MR) is 58.3 cm³/mol. The van der Waals surface area contributed by atoms with Crippen molar-refractivity contribution in [2.75, 3.05) is 6.54 Å². The van der Waals surface area contributed by atoms with Gasteiger partial charge in [-0.2, -0.15) is 0 Å². The normalized spacial score (nSPS) is 33.0. The van der Waals surface area contributed by atoms with Gasteiger partial charge in [0, 0.05) is 12.1 Å². The highest BCUT2D eigenvalue weighted by atomic mass is 16.3. The Hall–Kier alpha value is -0.0800. The third-order valence-electron chi connectivity index (χ3n) is 4.05. The van der Waals surface area contributed by atoms with E-state index in [0.29, 0.717) is 12.1 Å². The molecule has 0 spiro atoms. The van der Waals surface area contributed by atoms with Crippen molar-refractivity contribution in [2.24, 2.45) is 0 Å². The molecule has 1 aliphatic heterocycles. The summed E-state index contributed by atoms with van der Waals surface area (Å²) >= 11 is 0. The van der Waals surface area contributed by atoms with Crippen LogP contribution in [0.3, 0.4) is 0 Å². The Morgan fingerprint density at radius 2 is 1.93 bits per heavy atom. The number of likely N-dealkylation sites (tertiary alicyclic amines) is 1. The van der Waals surface area contributed by atoms with Crippen LogP contribution in [0.25, 0.3) is 0 Å². The minimum absolute atomic E-state index is 0.329. The first-order valence-corrected chi connectivity index (χ1v) is 6.11. The van der Waals surface area contributed by atoms with Gasteiger partial charge in [-0.3, -0.25) is 4.90 Å². The number of nitrogens with zero attached hydrogens (tertiary/aromatic N) is 1. The number of aliphatic hydroxyl groups is 1. The second-order valence-electron chi connectivity index (χ2n) is 5.30. The van der Waals surface area contributed by atoms with Gasteiger partial charge in [0.05, 0.1) is 5.60 Å². The molecule has 2 rings (SSSR count). The van der Waals surface area contributed by atoms with Crippen molar-refractivity contribution in [3.05, 3.63) is 0 Å². The first kappa shape index (κ1) is 10.4. The minimum Gasteiger partial charge on any atom is -0.388 e. The zero-order valence-corrected chi connectivity index (χ0v) is 9.50. The van der Waals surface area contributed by atoms with Gasteiger partial charge in [0.25, 0.3) is 0 Å². The lowest BCUT2D eigenvalue weighted by Crippen LogP contribution is -2.59. The summed E-state index contributed by atoms with van der Waals surface area (Å²) < 4.78 is 0. The molecule has 2 heteroatoms. The Morgan fingerprint density at radius 3 is 2.43 bits per heavy atom. The highest BCUT2D eigenvalue weighted by molar-refractivity contribution is 5.00. The van der Waals surface area contributed by atoms with E-state index in [0.717, 1.165) is 12.8 Å². The number of hydrogen-bond acceptors (Lipinski definition) is 2. The third-order valence-corrected chi connectivity index (χ3v) is 4.05. The van der Waals surface area contributed by atoms with E-state index in [9.17, 15) is 5.11 Å². The van der Waals surface area contributed by atoms with Crippen molar-refractivity contribution in [1.29, 1.82) is 0 Å². The monoisotopic (exact) mass is 197 g/mol. The van der Waals surface area contributed by atoms with E-state index in [1.54, 1.807) is 0 Å². The topological polar surface area (TPSA) is 23.5 Å². The molecule has 0 aromatic heterocycles. The Kier molecular flexibility index (Phi) is 2.85. The van der Waals surface area contributed by atoms with Crippen LogP contribution < -0.4 is 0 Å². The van der Waals surface area contributed by atoms with Crippen molar-refractivity contribution >= 4 is 0 Å². The van der Waals surface area contributed by atoms with Crippen LogP contribution >= 0.6 is 0 Å². The molecule has 2 aliphatic rings. The summed E-state index contributed by atoms with van der Waals surface area (Å²) in [6.07, 6.45) is 7.09. The summed E-state index contributed by atoms with van der Waals surface area (Å²) in [5.41, 5.74) is -0.329. The van der Waals surface area contributed by atoms with E-state index >= 15 is 0 Å². The molecule has 2 nitrogen and oxygen atoms in total. The summed E-state index contributed by atoms with van der Waals surface area (Å²) in [6.45, 7) is 5.69. The quantitative estimate of drug-likeness (QED) is 0.733. The van der Waals surface area contributed by atoms with Gasteiger partial charge < -0.3 is 5.11 Å². The molecule has 1 saturated carbocycles. The standard InChI is InChI=1S/C12H23NO/c1-10(2)13-9-4-3-6-11(13)12(14)7-5-8-12/h10-11,14H,3-9H2,1-2H3. The fourth-order valence-electron chi connectivity index (χ4n) is 3.02. The number of piperidine rings is 1. The van der Waals surface area contributed by atoms with Crippen LogP contribution in [0.5, 0.6) is 0 Å². The summed E-state index contributed by atoms with van der Waals surface area (Å²) in [4.78, 5) is 2.52. The lowest BCUT2D eigenvalue weighted by molar-refractivity contribution is -0.119. The van der Waals surface area contributed by atoms with Crippen LogP contribution in [0, 0.1) is 0 Å². The maximum Gasteiger partial charge on any atom is 0.0802 e. The van der Waals surface area contributed by atoms with Crippen molar-refractivity contribution in [3.8, 4) is 0 Å². The molecule has 0 bridgehead atoms. The molecule has 1 aliphatic carbocycles. The Labute approximate surface area is 87.3 Å². The van der Waals surface area contributed by atoms with E-state index in [2.05, 4.69) is 18.7 Å². The molecule has 1 saturated heterocycles. The molecule has 14 heavy (non-hydrogen) atoms. The van der Waals surface area contributed by atoms with Gasteiger partial charge in [0.2, 0.25) is 0 Å². The summed E-state index contributed by atoms with van der Waals surface area (Å²) in [6, 6.07) is 1.04. The van der Waals surface area contributed by atoms with E-state index in [1.165, 1.54) is 32.2 Å². The lowest BCUT2D eigenvalue weighted by atomic mass is 9.71. The van der Waals surface area contributed by atoms with E-state index in [4.69, 9.17) is 0 Å². The van der Waals surface area contributed by atoms with E-state index in [-0.39, 0.29) is 5.60 Å². The third kappa shape index (κ3) is 1.70. The molecular weight excluding hydrogens is 174 g/mol. The van der Waals surface area contributed by atoms with Gasteiger partial charge in [-0.1, -0.05) is 6.42 Å². The zero-order chi connectivity index (χ0) is 10.2. The van der Waals surface area contributed by atoms with Gasteiger partial charge in [-0.05, 0) is 52.5 Å². The fourth-order valence-corrected chi connectivity index (χ4v) is 3.02. The molecule has 2 fully saturated rings. The molecule has 1 N–H and O–H groups in total. The molecule has 0 aromatic rings. The average Bonchev–Trinajstić information content (AvgIpc) is 2.14. The van der Waals surface area contributed by atoms with E-state index in [1.807, 2.05) is 0 Å². The highest BCUT2D eigenvalue weighted by Crippen LogP contribution is 2.41. The van der Waals surface area contributed by atoms with Gasteiger partial charge in [-0.15, -0.1) is 0 Å². The van der Waals surface area contributed by atoms with Gasteiger partial charge in [0.1, 0.15) is 0 Å². The van der Waals surface area contributed by atoms with Crippen LogP contribution in [-0.2, 0) is 0 Å². The predicted octanol–water partition coefficient (Wildman–Crippen LogP) is 2.16. The van der Waals surface area contributed by atoms with Crippen LogP contribution in [0.4, 0.5) is 0 Å². The molecule has 0 amide bonds. The highest BCUT2D eigenvalue weighted by Gasteiger charge is 2.45. The van der Waals surface area contributed by atoms with Crippen LogP contribution in [0.15, 0.2) is 0 Å². The molecule has 82 valence electrons. The minimum atomic E-state index is -0.329. The van der Waals surface area contributed by atoms with Crippen molar-refractivity contribution in [3.63, 3.8) is 0 Å². The van der Waals surface area contributed by atoms with Crippen LogP contribution in [-0.4, -0.2) is 34.2 Å². The van der Waals surface area contributed by atoms with Crippen molar-refractivity contribution < 1.29 is 5.11 Å². The Morgan fingerprint density at radius 1 is 1.21 bits per heavy atom. The molecule has 1 unspecified atom stereocenters. The van der Waals surface area contributed by atoms with Crippen molar-refractivity contribution in [1.82, 2.24) is 4.90 Å². The molecule has 0 radical (unpaired) electrons. The second kappa shape index (κ2) is 3.82. The Bertz CT molecular complexity index is 198. The lowest BCUT2D eigenvalue weighted by Gasteiger charge is -2.51. The molecule has 0 aromatic carbocycles. The van der Waals surface area contributed by atoms with Gasteiger partial charge in [0.15, 0.2) is 0 Å². The zero-order valence-electron chi connectivity index (χ0n) is 9.50. The second-order valence-corrected chi connectivity index (χ2v) is 5.30. The maximum atomic E-state index is 10.4. The first-order valence-electron chi connectivity index (χ1n) is 6.11. The van der Waals surface area contributed by atoms with Gasteiger partial charge >= 0.3 is 0 Å². The molecular formula is C12H23NO. The maximum absolute atomic E-state index is 10.4. The number of hydrogen-bond donors (Lipinski definition) is 1. The largest absolute Gasteiger partial charge is 0.388 e. The smallest absolute Gasteiger partial charge is 0.0802 e.